The van der Waals surface area contributed by atoms with Gasteiger partial charge in [-0.25, -0.2) is 0 Å². The van der Waals surface area contributed by atoms with Crippen molar-refractivity contribution in [1.82, 2.24) is 15.2 Å². The summed E-state index contributed by atoms with van der Waals surface area (Å²) in [7, 11) is 4.14. The Morgan fingerprint density at radius 2 is 2.24 bits per heavy atom. The number of ether oxygens (including phenoxy) is 1. The van der Waals surface area contributed by atoms with E-state index in [1.807, 2.05) is 12.3 Å². The predicted octanol–water partition coefficient (Wildman–Crippen LogP) is 1.52. The molecule has 0 unspecified atom stereocenters. The molecule has 0 radical (unpaired) electrons. The SMILES string of the molecule is CCNCc1cnccc1OCCCN(C)C. The number of aromatic nitrogens is 1. The van der Waals surface area contributed by atoms with Crippen molar-refractivity contribution in [3.63, 3.8) is 0 Å². The second-order valence-electron chi connectivity index (χ2n) is 4.27. The van der Waals surface area contributed by atoms with Crippen LogP contribution in [-0.2, 0) is 6.54 Å². The van der Waals surface area contributed by atoms with Gasteiger partial charge >= 0.3 is 0 Å². The molecule has 4 nitrogen and oxygen atoms in total. The molecule has 0 saturated heterocycles. The average Bonchev–Trinajstić information content (AvgIpc) is 2.33. The van der Waals surface area contributed by atoms with Crippen LogP contribution in [-0.4, -0.2) is 43.7 Å². The molecule has 1 rings (SSSR count). The van der Waals surface area contributed by atoms with Gasteiger partial charge in [-0.05, 0) is 33.1 Å². The van der Waals surface area contributed by atoms with Crippen LogP contribution in [0.4, 0.5) is 0 Å². The van der Waals surface area contributed by atoms with Gasteiger partial charge in [0.05, 0.1) is 6.61 Å². The summed E-state index contributed by atoms with van der Waals surface area (Å²) in [5.41, 5.74) is 1.12. The van der Waals surface area contributed by atoms with Gasteiger partial charge in [-0.1, -0.05) is 6.92 Å². The lowest BCUT2D eigenvalue weighted by molar-refractivity contribution is 0.278. The molecule has 0 aliphatic rings. The molecule has 0 atom stereocenters. The fourth-order valence-electron chi connectivity index (χ4n) is 1.51. The van der Waals surface area contributed by atoms with E-state index in [1.54, 1.807) is 6.20 Å². The Morgan fingerprint density at radius 3 is 2.94 bits per heavy atom. The van der Waals surface area contributed by atoms with Crippen molar-refractivity contribution < 1.29 is 4.74 Å². The Labute approximate surface area is 104 Å². The molecule has 1 N–H and O–H groups in total. The van der Waals surface area contributed by atoms with E-state index in [-0.39, 0.29) is 0 Å². The maximum absolute atomic E-state index is 5.78. The number of hydrogen-bond donors (Lipinski definition) is 1. The molecule has 0 amide bonds. The highest BCUT2D eigenvalue weighted by Gasteiger charge is 2.02. The molecular weight excluding hydrogens is 214 g/mol. The first-order valence-corrected chi connectivity index (χ1v) is 6.15. The zero-order valence-electron chi connectivity index (χ0n) is 11.1. The summed E-state index contributed by atoms with van der Waals surface area (Å²) in [6.07, 6.45) is 4.68. The monoisotopic (exact) mass is 237 g/mol. The Balaban J connectivity index is 2.40. The molecule has 0 aliphatic heterocycles. The average molecular weight is 237 g/mol. The third-order valence-corrected chi connectivity index (χ3v) is 2.43. The molecular formula is C13H23N3O. The molecule has 0 bridgehead atoms. The van der Waals surface area contributed by atoms with Crippen molar-refractivity contribution in [3.05, 3.63) is 24.0 Å². The zero-order valence-corrected chi connectivity index (χ0v) is 11.1. The highest BCUT2D eigenvalue weighted by atomic mass is 16.5. The molecule has 0 saturated carbocycles. The minimum absolute atomic E-state index is 0.751. The van der Waals surface area contributed by atoms with Crippen LogP contribution in [0, 0.1) is 0 Å². The smallest absolute Gasteiger partial charge is 0.126 e. The molecule has 1 aromatic heterocycles. The standard InChI is InChI=1S/C13H23N3O/c1-4-14-10-12-11-15-7-6-13(12)17-9-5-8-16(2)3/h6-7,11,14H,4-5,8-10H2,1-3H3. The maximum atomic E-state index is 5.78. The van der Waals surface area contributed by atoms with Crippen LogP contribution in [0.2, 0.25) is 0 Å². The fraction of sp³-hybridized carbons (Fsp3) is 0.615. The first kappa shape index (κ1) is 13.9. The summed E-state index contributed by atoms with van der Waals surface area (Å²) in [6, 6.07) is 1.93. The summed E-state index contributed by atoms with van der Waals surface area (Å²) in [6.45, 7) is 5.66. The van der Waals surface area contributed by atoms with E-state index < -0.39 is 0 Å². The van der Waals surface area contributed by atoms with Crippen LogP contribution in [0.3, 0.4) is 0 Å². The topological polar surface area (TPSA) is 37.4 Å². The first-order chi connectivity index (χ1) is 8.24. The first-order valence-electron chi connectivity index (χ1n) is 6.15. The van der Waals surface area contributed by atoms with Gasteiger partial charge in [-0.3, -0.25) is 4.98 Å². The van der Waals surface area contributed by atoms with Crippen molar-refractivity contribution in [1.29, 1.82) is 0 Å². The molecule has 0 spiro atoms. The number of nitrogens with one attached hydrogen (secondary N) is 1. The predicted molar refractivity (Wildman–Crippen MR) is 70.3 cm³/mol. The van der Waals surface area contributed by atoms with Crippen LogP contribution < -0.4 is 10.1 Å². The lowest BCUT2D eigenvalue weighted by atomic mass is 10.2. The Hall–Kier alpha value is -1.13. The highest BCUT2D eigenvalue weighted by molar-refractivity contribution is 5.29. The molecule has 0 aliphatic carbocycles. The molecule has 1 aromatic rings. The maximum Gasteiger partial charge on any atom is 0.126 e. The van der Waals surface area contributed by atoms with Gasteiger partial charge in [0.25, 0.3) is 0 Å². The van der Waals surface area contributed by atoms with Gasteiger partial charge in [0.1, 0.15) is 5.75 Å². The molecule has 1 heterocycles. The van der Waals surface area contributed by atoms with Crippen molar-refractivity contribution in [3.8, 4) is 5.75 Å². The van der Waals surface area contributed by atoms with Crippen LogP contribution in [0.25, 0.3) is 0 Å². The molecule has 96 valence electrons. The van der Waals surface area contributed by atoms with Gasteiger partial charge in [-0.2, -0.15) is 0 Å². The second-order valence-corrected chi connectivity index (χ2v) is 4.27. The zero-order chi connectivity index (χ0) is 12.5. The van der Waals surface area contributed by atoms with E-state index in [0.717, 1.165) is 44.0 Å². The van der Waals surface area contributed by atoms with Crippen LogP contribution in [0.15, 0.2) is 18.5 Å². The Kier molecular flexibility index (Phi) is 6.58. The van der Waals surface area contributed by atoms with Crippen molar-refractivity contribution in [2.45, 2.75) is 19.9 Å². The molecule has 17 heavy (non-hydrogen) atoms. The lowest BCUT2D eigenvalue weighted by Crippen LogP contribution is -2.16. The molecule has 0 fully saturated rings. The Morgan fingerprint density at radius 1 is 1.41 bits per heavy atom. The summed E-state index contributed by atoms with van der Waals surface area (Å²) >= 11 is 0. The van der Waals surface area contributed by atoms with Gasteiger partial charge in [0.15, 0.2) is 0 Å². The largest absolute Gasteiger partial charge is 0.493 e. The van der Waals surface area contributed by atoms with E-state index >= 15 is 0 Å². The third-order valence-electron chi connectivity index (χ3n) is 2.43. The summed E-state index contributed by atoms with van der Waals surface area (Å²) in [5, 5.41) is 3.29. The van der Waals surface area contributed by atoms with Gasteiger partial charge in [0.2, 0.25) is 0 Å². The fourth-order valence-corrected chi connectivity index (χ4v) is 1.51. The summed E-state index contributed by atoms with van der Waals surface area (Å²) < 4.78 is 5.78. The van der Waals surface area contributed by atoms with Gasteiger partial charge < -0.3 is 15.0 Å². The minimum Gasteiger partial charge on any atom is -0.493 e. The van der Waals surface area contributed by atoms with Crippen LogP contribution in [0.5, 0.6) is 5.75 Å². The second kappa shape index (κ2) is 8.03. The van der Waals surface area contributed by atoms with E-state index in [2.05, 4.69) is 36.2 Å². The summed E-state index contributed by atoms with van der Waals surface area (Å²) in [5.74, 6) is 0.944. The van der Waals surface area contributed by atoms with Crippen LogP contribution >= 0.6 is 0 Å². The van der Waals surface area contributed by atoms with Crippen molar-refractivity contribution in [2.24, 2.45) is 0 Å². The normalized spacial score (nSPS) is 10.8. The number of pyridine rings is 1. The molecule has 4 heteroatoms. The summed E-state index contributed by atoms with van der Waals surface area (Å²) in [4.78, 5) is 6.29. The minimum atomic E-state index is 0.751. The quantitative estimate of drug-likeness (QED) is 0.696. The lowest BCUT2D eigenvalue weighted by Gasteiger charge is -2.13. The van der Waals surface area contributed by atoms with Gasteiger partial charge in [0, 0.05) is 31.0 Å². The van der Waals surface area contributed by atoms with E-state index in [1.165, 1.54) is 0 Å². The number of rotatable bonds is 8. The van der Waals surface area contributed by atoms with E-state index in [4.69, 9.17) is 4.74 Å². The number of nitrogens with zero attached hydrogens (tertiary/aromatic N) is 2. The van der Waals surface area contributed by atoms with Crippen LogP contribution in [0.1, 0.15) is 18.9 Å². The molecule has 0 aromatic carbocycles. The highest BCUT2D eigenvalue weighted by Crippen LogP contribution is 2.16. The van der Waals surface area contributed by atoms with Crippen molar-refractivity contribution >= 4 is 0 Å². The Bertz CT molecular complexity index is 315. The van der Waals surface area contributed by atoms with E-state index in [9.17, 15) is 0 Å². The van der Waals surface area contributed by atoms with Gasteiger partial charge in [-0.15, -0.1) is 0 Å². The van der Waals surface area contributed by atoms with E-state index in [0.29, 0.717) is 0 Å². The third kappa shape index (κ3) is 5.65. The number of hydrogen-bond acceptors (Lipinski definition) is 4. The van der Waals surface area contributed by atoms with Crippen molar-refractivity contribution in [2.75, 3.05) is 33.8 Å².